The Labute approximate surface area is 118 Å². The second kappa shape index (κ2) is 6.53. The molecular formula is C17H28N2. The normalized spacial score (nSPS) is 17.5. The zero-order chi connectivity index (χ0) is 13.8. The molecule has 19 heavy (non-hydrogen) atoms. The smallest absolute Gasteiger partial charge is 0.0470 e. The van der Waals surface area contributed by atoms with Gasteiger partial charge in [0.2, 0.25) is 0 Å². The van der Waals surface area contributed by atoms with E-state index < -0.39 is 0 Å². The summed E-state index contributed by atoms with van der Waals surface area (Å²) in [7, 11) is 0. The maximum Gasteiger partial charge on any atom is 0.0470 e. The third-order valence-electron chi connectivity index (χ3n) is 4.42. The zero-order valence-corrected chi connectivity index (χ0v) is 12.7. The first kappa shape index (κ1) is 14.5. The highest BCUT2D eigenvalue weighted by atomic mass is 15.2. The summed E-state index contributed by atoms with van der Waals surface area (Å²) in [5, 5.41) is 0. The molecule has 1 saturated carbocycles. The van der Waals surface area contributed by atoms with E-state index in [1.165, 1.54) is 42.5 Å². The van der Waals surface area contributed by atoms with Gasteiger partial charge in [0.05, 0.1) is 0 Å². The van der Waals surface area contributed by atoms with Gasteiger partial charge in [0.1, 0.15) is 0 Å². The first-order valence-corrected chi connectivity index (χ1v) is 7.66. The van der Waals surface area contributed by atoms with Crippen molar-refractivity contribution in [3.05, 3.63) is 34.9 Å². The minimum absolute atomic E-state index is 0.379. The molecule has 0 saturated heterocycles. The number of rotatable bonds is 6. The van der Waals surface area contributed by atoms with Crippen LogP contribution in [0.2, 0.25) is 0 Å². The lowest BCUT2D eigenvalue weighted by atomic mass is 9.84. The molecule has 0 bridgehead atoms. The molecule has 0 amide bonds. The minimum Gasteiger partial charge on any atom is -0.329 e. The molecule has 2 nitrogen and oxygen atoms in total. The van der Waals surface area contributed by atoms with Crippen LogP contribution in [0.3, 0.4) is 0 Å². The Balaban J connectivity index is 2.15. The lowest BCUT2D eigenvalue weighted by molar-refractivity contribution is 0.141. The molecule has 1 aromatic carbocycles. The molecule has 0 radical (unpaired) electrons. The predicted octanol–water partition coefficient (Wildman–Crippen LogP) is 3.43. The van der Waals surface area contributed by atoms with Crippen LogP contribution >= 0.6 is 0 Å². The van der Waals surface area contributed by atoms with E-state index in [4.69, 9.17) is 5.73 Å². The highest BCUT2D eigenvalue weighted by Crippen LogP contribution is 2.30. The molecule has 0 aromatic heterocycles. The molecule has 106 valence electrons. The zero-order valence-electron chi connectivity index (χ0n) is 12.7. The molecular weight excluding hydrogens is 232 g/mol. The number of aryl methyl sites for hydroxylation is 2. The standard InChI is InChI=1S/C17H28N2/c1-4-19(12-15-6-5-7-15)17(11-18)16-9-13(2)8-14(3)10-16/h8-10,15,17H,4-7,11-12,18H2,1-3H3. The fourth-order valence-corrected chi connectivity index (χ4v) is 3.18. The van der Waals surface area contributed by atoms with E-state index in [0.29, 0.717) is 12.6 Å². The molecule has 2 heteroatoms. The Morgan fingerprint density at radius 3 is 2.26 bits per heavy atom. The van der Waals surface area contributed by atoms with E-state index in [-0.39, 0.29) is 0 Å². The van der Waals surface area contributed by atoms with Gasteiger partial charge in [-0.15, -0.1) is 0 Å². The van der Waals surface area contributed by atoms with Crippen LogP contribution in [0, 0.1) is 19.8 Å². The van der Waals surface area contributed by atoms with Crippen molar-refractivity contribution in [2.24, 2.45) is 11.7 Å². The van der Waals surface area contributed by atoms with E-state index in [9.17, 15) is 0 Å². The molecule has 0 aliphatic heterocycles. The highest BCUT2D eigenvalue weighted by molar-refractivity contribution is 5.31. The van der Waals surface area contributed by atoms with Crippen molar-refractivity contribution in [2.75, 3.05) is 19.6 Å². The van der Waals surface area contributed by atoms with Gasteiger partial charge in [-0.25, -0.2) is 0 Å². The number of benzene rings is 1. The molecule has 1 aliphatic rings. The average molecular weight is 260 g/mol. The second-order valence-electron chi connectivity index (χ2n) is 6.06. The van der Waals surface area contributed by atoms with Crippen LogP contribution in [-0.2, 0) is 0 Å². The Kier molecular flexibility index (Phi) is 5.00. The fraction of sp³-hybridized carbons (Fsp3) is 0.647. The van der Waals surface area contributed by atoms with Crippen LogP contribution in [0.5, 0.6) is 0 Å². The molecule has 1 aliphatic carbocycles. The number of hydrogen-bond acceptors (Lipinski definition) is 2. The number of nitrogens with zero attached hydrogens (tertiary/aromatic N) is 1. The van der Waals surface area contributed by atoms with E-state index in [2.05, 4.69) is 43.9 Å². The second-order valence-corrected chi connectivity index (χ2v) is 6.06. The molecule has 0 spiro atoms. The van der Waals surface area contributed by atoms with Gasteiger partial charge in [-0.2, -0.15) is 0 Å². The van der Waals surface area contributed by atoms with Crippen LogP contribution in [0.4, 0.5) is 0 Å². The van der Waals surface area contributed by atoms with E-state index in [1.807, 2.05) is 0 Å². The molecule has 2 rings (SSSR count). The molecule has 1 fully saturated rings. The number of likely N-dealkylation sites (N-methyl/N-ethyl adjacent to an activating group) is 1. The van der Waals surface area contributed by atoms with Gasteiger partial charge < -0.3 is 5.73 Å². The van der Waals surface area contributed by atoms with E-state index in [1.54, 1.807) is 0 Å². The summed E-state index contributed by atoms with van der Waals surface area (Å²) in [5.74, 6) is 0.903. The first-order chi connectivity index (χ1) is 9.13. The quantitative estimate of drug-likeness (QED) is 0.849. The summed E-state index contributed by atoms with van der Waals surface area (Å²) in [5.41, 5.74) is 10.1. The van der Waals surface area contributed by atoms with Crippen LogP contribution in [0.1, 0.15) is 48.9 Å². The first-order valence-electron chi connectivity index (χ1n) is 7.66. The molecule has 1 aromatic rings. The Morgan fingerprint density at radius 1 is 1.21 bits per heavy atom. The summed E-state index contributed by atoms with van der Waals surface area (Å²) in [6.07, 6.45) is 4.22. The SMILES string of the molecule is CCN(CC1CCC1)C(CN)c1cc(C)cc(C)c1. The van der Waals surface area contributed by atoms with Crippen molar-refractivity contribution in [3.63, 3.8) is 0 Å². The van der Waals surface area contributed by atoms with Gasteiger partial charge in [0.15, 0.2) is 0 Å². The summed E-state index contributed by atoms with van der Waals surface area (Å²) >= 11 is 0. The van der Waals surface area contributed by atoms with Crippen LogP contribution < -0.4 is 5.73 Å². The Morgan fingerprint density at radius 2 is 1.84 bits per heavy atom. The van der Waals surface area contributed by atoms with Crippen molar-refractivity contribution >= 4 is 0 Å². The number of nitrogens with two attached hydrogens (primary N) is 1. The Hall–Kier alpha value is -0.860. The summed E-state index contributed by atoms with van der Waals surface area (Å²) in [4.78, 5) is 2.57. The van der Waals surface area contributed by atoms with Crippen molar-refractivity contribution < 1.29 is 0 Å². The molecule has 1 unspecified atom stereocenters. The van der Waals surface area contributed by atoms with E-state index in [0.717, 1.165) is 12.5 Å². The van der Waals surface area contributed by atoms with Crippen LogP contribution in [-0.4, -0.2) is 24.5 Å². The maximum atomic E-state index is 6.07. The van der Waals surface area contributed by atoms with Gasteiger partial charge >= 0.3 is 0 Å². The van der Waals surface area contributed by atoms with Crippen molar-refractivity contribution in [3.8, 4) is 0 Å². The predicted molar refractivity (Wildman–Crippen MR) is 82.3 cm³/mol. The van der Waals surface area contributed by atoms with Crippen molar-refractivity contribution in [1.82, 2.24) is 4.90 Å². The van der Waals surface area contributed by atoms with Crippen LogP contribution in [0.15, 0.2) is 18.2 Å². The monoisotopic (exact) mass is 260 g/mol. The topological polar surface area (TPSA) is 29.3 Å². The average Bonchev–Trinajstić information content (AvgIpc) is 2.30. The van der Waals surface area contributed by atoms with Gasteiger partial charge in [0.25, 0.3) is 0 Å². The Bertz CT molecular complexity index is 389. The maximum absolute atomic E-state index is 6.07. The molecule has 1 atom stereocenters. The minimum atomic E-state index is 0.379. The lowest BCUT2D eigenvalue weighted by Gasteiger charge is -2.36. The lowest BCUT2D eigenvalue weighted by Crippen LogP contribution is -2.38. The largest absolute Gasteiger partial charge is 0.329 e. The van der Waals surface area contributed by atoms with E-state index >= 15 is 0 Å². The fourth-order valence-electron chi connectivity index (χ4n) is 3.18. The number of hydrogen-bond donors (Lipinski definition) is 1. The van der Waals surface area contributed by atoms with Crippen LogP contribution in [0.25, 0.3) is 0 Å². The van der Waals surface area contributed by atoms with Crippen molar-refractivity contribution in [2.45, 2.75) is 46.1 Å². The van der Waals surface area contributed by atoms with Gasteiger partial charge in [-0.1, -0.05) is 42.7 Å². The third kappa shape index (κ3) is 3.58. The third-order valence-corrected chi connectivity index (χ3v) is 4.42. The van der Waals surface area contributed by atoms with Gasteiger partial charge in [0, 0.05) is 19.1 Å². The molecule has 2 N–H and O–H groups in total. The van der Waals surface area contributed by atoms with Gasteiger partial charge in [-0.3, -0.25) is 4.90 Å². The summed E-state index contributed by atoms with van der Waals surface area (Å²) < 4.78 is 0. The van der Waals surface area contributed by atoms with Gasteiger partial charge in [-0.05, 0) is 44.7 Å². The molecule has 0 heterocycles. The van der Waals surface area contributed by atoms with Crippen molar-refractivity contribution in [1.29, 1.82) is 0 Å². The summed E-state index contributed by atoms with van der Waals surface area (Å²) in [6.45, 7) is 9.61. The highest BCUT2D eigenvalue weighted by Gasteiger charge is 2.25. The summed E-state index contributed by atoms with van der Waals surface area (Å²) in [6, 6.07) is 7.21.